The second-order valence-corrected chi connectivity index (χ2v) is 3.57. The molecule has 4 heteroatoms. The van der Waals surface area contributed by atoms with Crippen LogP contribution in [0, 0.1) is 5.92 Å². The summed E-state index contributed by atoms with van der Waals surface area (Å²) in [5.41, 5.74) is 0.454. The molecule has 0 aliphatic carbocycles. The normalized spacial score (nSPS) is 19.3. The molecular weight excluding hydrogens is 208 g/mol. The molecule has 1 atom stereocenters. The molecule has 1 unspecified atom stereocenters. The van der Waals surface area contributed by atoms with Crippen molar-refractivity contribution in [2.45, 2.75) is 6.42 Å². The van der Waals surface area contributed by atoms with Gasteiger partial charge < -0.3 is 9.47 Å². The summed E-state index contributed by atoms with van der Waals surface area (Å²) in [5, 5.41) is 0. The predicted octanol–water partition coefficient (Wildman–Crippen LogP) is 1.44. The standard InChI is InChI=1S/C12H12O4/c1-15-12(14)9-6-7-16-10-5-3-2-4-8(10)11(9)13/h2-5,9H,6-7H2,1H3. The molecule has 2 rings (SSSR count). The first kappa shape index (κ1) is 10.7. The molecule has 0 saturated carbocycles. The third-order valence-corrected chi connectivity index (χ3v) is 2.62. The number of para-hydroxylation sites is 1. The minimum Gasteiger partial charge on any atom is -0.493 e. The van der Waals surface area contributed by atoms with Crippen molar-refractivity contribution in [3.8, 4) is 5.75 Å². The number of hydrogen-bond donors (Lipinski definition) is 0. The van der Waals surface area contributed by atoms with E-state index in [1.807, 2.05) is 0 Å². The monoisotopic (exact) mass is 220 g/mol. The van der Waals surface area contributed by atoms with E-state index in [1.165, 1.54) is 7.11 Å². The van der Waals surface area contributed by atoms with Crippen LogP contribution in [-0.2, 0) is 9.53 Å². The predicted molar refractivity (Wildman–Crippen MR) is 56.4 cm³/mol. The van der Waals surface area contributed by atoms with Gasteiger partial charge >= 0.3 is 5.97 Å². The van der Waals surface area contributed by atoms with Crippen LogP contribution in [0.25, 0.3) is 0 Å². The molecule has 0 N–H and O–H groups in total. The SMILES string of the molecule is COC(=O)C1CCOc2ccccc2C1=O. The molecule has 16 heavy (non-hydrogen) atoms. The van der Waals surface area contributed by atoms with Gasteiger partial charge in [-0.3, -0.25) is 9.59 Å². The zero-order chi connectivity index (χ0) is 11.5. The lowest BCUT2D eigenvalue weighted by molar-refractivity contribution is -0.143. The molecule has 0 saturated heterocycles. The molecule has 0 spiro atoms. The molecule has 0 bridgehead atoms. The van der Waals surface area contributed by atoms with Crippen LogP contribution in [-0.4, -0.2) is 25.5 Å². The fourth-order valence-electron chi connectivity index (χ4n) is 1.77. The number of benzene rings is 1. The summed E-state index contributed by atoms with van der Waals surface area (Å²) in [4.78, 5) is 23.5. The van der Waals surface area contributed by atoms with Gasteiger partial charge in [0.2, 0.25) is 0 Å². The molecule has 1 aromatic carbocycles. The Morgan fingerprint density at radius 3 is 2.94 bits per heavy atom. The Bertz CT molecular complexity index is 425. The summed E-state index contributed by atoms with van der Waals surface area (Å²) in [7, 11) is 1.28. The van der Waals surface area contributed by atoms with E-state index in [4.69, 9.17) is 4.74 Å². The summed E-state index contributed by atoms with van der Waals surface area (Å²) in [6.45, 7) is 0.350. The second kappa shape index (κ2) is 4.35. The van der Waals surface area contributed by atoms with Crippen molar-refractivity contribution in [1.29, 1.82) is 0 Å². The van der Waals surface area contributed by atoms with Crippen LogP contribution in [0.2, 0.25) is 0 Å². The van der Waals surface area contributed by atoms with Crippen molar-refractivity contribution in [3.63, 3.8) is 0 Å². The minimum atomic E-state index is -0.742. The third-order valence-electron chi connectivity index (χ3n) is 2.62. The highest BCUT2D eigenvalue weighted by molar-refractivity contribution is 6.10. The largest absolute Gasteiger partial charge is 0.493 e. The van der Waals surface area contributed by atoms with Gasteiger partial charge in [0.1, 0.15) is 11.7 Å². The van der Waals surface area contributed by atoms with Crippen LogP contribution in [0.3, 0.4) is 0 Å². The number of hydrogen-bond acceptors (Lipinski definition) is 4. The fourth-order valence-corrected chi connectivity index (χ4v) is 1.77. The Balaban J connectivity index is 2.37. The highest BCUT2D eigenvalue weighted by atomic mass is 16.5. The lowest BCUT2D eigenvalue weighted by atomic mass is 9.95. The van der Waals surface area contributed by atoms with Gasteiger partial charge in [0.05, 0.1) is 19.3 Å². The van der Waals surface area contributed by atoms with Gasteiger partial charge in [-0.25, -0.2) is 0 Å². The van der Waals surface area contributed by atoms with Crippen molar-refractivity contribution in [1.82, 2.24) is 0 Å². The van der Waals surface area contributed by atoms with E-state index in [0.717, 1.165) is 0 Å². The van der Waals surface area contributed by atoms with Gasteiger partial charge in [0.25, 0.3) is 0 Å². The van der Waals surface area contributed by atoms with Crippen LogP contribution >= 0.6 is 0 Å². The average Bonchev–Trinajstić information content (AvgIpc) is 2.49. The van der Waals surface area contributed by atoms with Gasteiger partial charge in [0.15, 0.2) is 5.78 Å². The van der Waals surface area contributed by atoms with Crippen LogP contribution in [0.1, 0.15) is 16.8 Å². The summed E-state index contributed by atoms with van der Waals surface area (Å²) in [6.07, 6.45) is 0.361. The van der Waals surface area contributed by atoms with E-state index in [9.17, 15) is 9.59 Å². The van der Waals surface area contributed by atoms with Crippen LogP contribution in [0.4, 0.5) is 0 Å². The molecule has 0 fully saturated rings. The van der Waals surface area contributed by atoms with E-state index < -0.39 is 11.9 Å². The van der Waals surface area contributed by atoms with Crippen LogP contribution in [0.15, 0.2) is 24.3 Å². The summed E-state index contributed by atoms with van der Waals surface area (Å²) in [5.74, 6) is -0.919. The number of carbonyl (C=O) groups excluding carboxylic acids is 2. The first-order valence-electron chi connectivity index (χ1n) is 5.08. The molecule has 0 aromatic heterocycles. The van der Waals surface area contributed by atoms with Crippen molar-refractivity contribution in [3.05, 3.63) is 29.8 Å². The van der Waals surface area contributed by atoms with Gasteiger partial charge in [-0.2, -0.15) is 0 Å². The maximum absolute atomic E-state index is 12.1. The Morgan fingerprint density at radius 2 is 2.19 bits per heavy atom. The highest BCUT2D eigenvalue weighted by Gasteiger charge is 2.32. The molecule has 1 aromatic rings. The highest BCUT2D eigenvalue weighted by Crippen LogP contribution is 2.27. The van der Waals surface area contributed by atoms with Crippen molar-refractivity contribution in [2.24, 2.45) is 5.92 Å². The molecule has 1 aliphatic rings. The smallest absolute Gasteiger partial charge is 0.316 e. The zero-order valence-electron chi connectivity index (χ0n) is 8.93. The lowest BCUT2D eigenvalue weighted by Gasteiger charge is -2.09. The van der Waals surface area contributed by atoms with Gasteiger partial charge in [0, 0.05) is 6.42 Å². The molecular formula is C12H12O4. The van der Waals surface area contributed by atoms with Gasteiger partial charge in [-0.05, 0) is 12.1 Å². The molecule has 84 valence electrons. The van der Waals surface area contributed by atoms with Crippen molar-refractivity contribution < 1.29 is 19.1 Å². The minimum absolute atomic E-state index is 0.222. The first-order valence-corrected chi connectivity index (χ1v) is 5.08. The number of ether oxygens (including phenoxy) is 2. The van der Waals surface area contributed by atoms with E-state index >= 15 is 0 Å². The van der Waals surface area contributed by atoms with Crippen molar-refractivity contribution >= 4 is 11.8 Å². The number of rotatable bonds is 1. The quantitative estimate of drug-likeness (QED) is 0.531. The summed E-state index contributed by atoms with van der Waals surface area (Å²) in [6, 6.07) is 6.94. The molecule has 1 aliphatic heterocycles. The zero-order valence-corrected chi connectivity index (χ0v) is 8.93. The maximum Gasteiger partial charge on any atom is 0.316 e. The molecule has 4 nitrogen and oxygen atoms in total. The Hall–Kier alpha value is -1.84. The third kappa shape index (κ3) is 1.78. The lowest BCUT2D eigenvalue weighted by Crippen LogP contribution is -2.25. The topological polar surface area (TPSA) is 52.6 Å². The number of esters is 1. The number of ketones is 1. The first-order chi connectivity index (χ1) is 7.74. The number of fused-ring (bicyclic) bond motifs is 1. The summed E-state index contributed by atoms with van der Waals surface area (Å²) < 4.78 is 10.0. The van der Waals surface area contributed by atoms with Crippen molar-refractivity contribution in [2.75, 3.05) is 13.7 Å². The number of carbonyl (C=O) groups is 2. The Kier molecular flexibility index (Phi) is 2.90. The van der Waals surface area contributed by atoms with E-state index in [2.05, 4.69) is 4.74 Å². The number of Topliss-reactive ketones (excluding diaryl/α,β-unsaturated/α-hetero) is 1. The second-order valence-electron chi connectivity index (χ2n) is 3.57. The van der Waals surface area contributed by atoms with E-state index in [1.54, 1.807) is 24.3 Å². The summed E-state index contributed by atoms with van der Waals surface area (Å²) >= 11 is 0. The number of methoxy groups -OCH3 is 1. The Morgan fingerprint density at radius 1 is 1.44 bits per heavy atom. The molecule has 0 radical (unpaired) electrons. The van der Waals surface area contributed by atoms with Crippen LogP contribution in [0.5, 0.6) is 5.75 Å². The van der Waals surface area contributed by atoms with E-state index in [0.29, 0.717) is 24.3 Å². The van der Waals surface area contributed by atoms with E-state index in [-0.39, 0.29) is 5.78 Å². The fraction of sp³-hybridized carbons (Fsp3) is 0.333. The van der Waals surface area contributed by atoms with Gasteiger partial charge in [-0.1, -0.05) is 12.1 Å². The molecule has 1 heterocycles. The maximum atomic E-state index is 12.1. The Labute approximate surface area is 93.2 Å². The van der Waals surface area contributed by atoms with Gasteiger partial charge in [-0.15, -0.1) is 0 Å². The van der Waals surface area contributed by atoms with Crippen LogP contribution < -0.4 is 4.74 Å². The average molecular weight is 220 g/mol. The molecule has 0 amide bonds.